The summed E-state index contributed by atoms with van der Waals surface area (Å²) in [6, 6.07) is 11.0. The molecule has 7 heteroatoms. The van der Waals surface area contributed by atoms with Crippen LogP contribution in [0.5, 0.6) is 0 Å². The first kappa shape index (κ1) is 20.1. The molecule has 0 aromatic heterocycles. The summed E-state index contributed by atoms with van der Waals surface area (Å²) in [5, 5.41) is 2.73. The van der Waals surface area contributed by atoms with Crippen LogP contribution in [0.1, 0.15) is 36.5 Å². The smallest absolute Gasteiger partial charge is 0.267 e. The first-order valence-electron chi connectivity index (χ1n) is 9.28. The van der Waals surface area contributed by atoms with Crippen LogP contribution in [0.2, 0.25) is 0 Å². The molecule has 0 spiro atoms. The number of hydrogen-bond donors (Lipinski definition) is 1. The van der Waals surface area contributed by atoms with Crippen molar-refractivity contribution in [2.45, 2.75) is 51.0 Å². The van der Waals surface area contributed by atoms with E-state index in [4.69, 9.17) is 0 Å². The van der Waals surface area contributed by atoms with Gasteiger partial charge in [-0.3, -0.25) is 9.59 Å². The van der Waals surface area contributed by atoms with Crippen LogP contribution in [0.4, 0.5) is 5.69 Å². The Morgan fingerprint density at radius 1 is 1.11 bits per heavy atom. The second-order valence-electron chi connectivity index (χ2n) is 7.03. The Morgan fingerprint density at radius 3 is 2.39 bits per heavy atom. The summed E-state index contributed by atoms with van der Waals surface area (Å²) >= 11 is 0. The van der Waals surface area contributed by atoms with Gasteiger partial charge in [-0.05, 0) is 67.6 Å². The average molecular weight is 401 g/mol. The predicted octanol–water partition coefficient (Wildman–Crippen LogP) is 3.18. The second-order valence-corrected chi connectivity index (χ2v) is 8.85. The highest BCUT2D eigenvalue weighted by molar-refractivity contribution is 7.89. The Balaban J connectivity index is 1.87. The molecule has 0 bridgehead atoms. The third-order valence-electron chi connectivity index (χ3n) is 5.13. The number of hydrogen-bond acceptors (Lipinski definition) is 4. The lowest BCUT2D eigenvalue weighted by molar-refractivity contribution is -0.128. The summed E-state index contributed by atoms with van der Waals surface area (Å²) in [6.45, 7) is 5.73. The number of aryl methyl sites for hydroxylation is 3. The summed E-state index contributed by atoms with van der Waals surface area (Å²) in [7, 11) is -4.10. The number of anilines is 1. The molecule has 2 amide bonds. The van der Waals surface area contributed by atoms with Gasteiger partial charge in [0.25, 0.3) is 10.0 Å². The van der Waals surface area contributed by atoms with E-state index in [1.54, 1.807) is 18.2 Å². The van der Waals surface area contributed by atoms with E-state index < -0.39 is 27.9 Å². The number of rotatable bonds is 5. The molecule has 28 heavy (non-hydrogen) atoms. The third-order valence-corrected chi connectivity index (χ3v) is 6.95. The SMILES string of the molecule is CCc1ccc(NC(=O)[C@@H]2CCC(=O)N2S(=O)(=O)c2ccc(C)c(C)c2)cc1. The highest BCUT2D eigenvalue weighted by Crippen LogP contribution is 2.29. The molecule has 0 saturated carbocycles. The zero-order valence-electron chi connectivity index (χ0n) is 16.2. The molecule has 6 nitrogen and oxygen atoms in total. The Kier molecular flexibility index (Phi) is 5.56. The van der Waals surface area contributed by atoms with Gasteiger partial charge in [0.15, 0.2) is 0 Å². The van der Waals surface area contributed by atoms with Crippen LogP contribution in [-0.2, 0) is 26.0 Å². The minimum absolute atomic E-state index is 0.0240. The molecule has 3 rings (SSSR count). The number of benzene rings is 2. The van der Waals surface area contributed by atoms with E-state index in [0.29, 0.717) is 5.69 Å². The lowest BCUT2D eigenvalue weighted by atomic mass is 10.1. The molecule has 0 unspecified atom stereocenters. The van der Waals surface area contributed by atoms with Gasteiger partial charge in [0.1, 0.15) is 6.04 Å². The van der Waals surface area contributed by atoms with Crippen molar-refractivity contribution >= 4 is 27.5 Å². The monoisotopic (exact) mass is 400 g/mol. The molecule has 148 valence electrons. The fourth-order valence-corrected chi connectivity index (χ4v) is 4.93. The summed E-state index contributed by atoms with van der Waals surface area (Å²) in [5.74, 6) is -1.05. The minimum atomic E-state index is -4.10. The van der Waals surface area contributed by atoms with E-state index in [2.05, 4.69) is 5.32 Å². The molecular weight excluding hydrogens is 376 g/mol. The Labute approximate surface area is 165 Å². The molecule has 1 saturated heterocycles. The second kappa shape index (κ2) is 7.75. The lowest BCUT2D eigenvalue weighted by Crippen LogP contribution is -2.45. The molecule has 1 aliphatic heterocycles. The molecule has 2 aromatic rings. The fraction of sp³-hybridized carbons (Fsp3) is 0.333. The molecular formula is C21H24N2O4S. The van der Waals surface area contributed by atoms with Crippen LogP contribution in [0.3, 0.4) is 0 Å². The standard InChI is InChI=1S/C21H24N2O4S/c1-4-16-6-8-17(9-7-16)22-21(25)19-11-12-20(24)23(19)28(26,27)18-10-5-14(2)15(3)13-18/h5-10,13,19H,4,11-12H2,1-3H3,(H,22,25)/t19-/m0/s1. The van der Waals surface area contributed by atoms with E-state index >= 15 is 0 Å². The quantitative estimate of drug-likeness (QED) is 0.835. The van der Waals surface area contributed by atoms with E-state index in [0.717, 1.165) is 27.4 Å². The molecule has 1 aliphatic rings. The van der Waals surface area contributed by atoms with E-state index in [1.165, 1.54) is 12.1 Å². The van der Waals surface area contributed by atoms with Crippen LogP contribution >= 0.6 is 0 Å². The van der Waals surface area contributed by atoms with Crippen LogP contribution < -0.4 is 5.32 Å². The summed E-state index contributed by atoms with van der Waals surface area (Å²) in [6.07, 6.45) is 1.08. The van der Waals surface area contributed by atoms with E-state index in [9.17, 15) is 18.0 Å². The summed E-state index contributed by atoms with van der Waals surface area (Å²) < 4.78 is 26.9. The lowest BCUT2D eigenvalue weighted by Gasteiger charge is -2.24. The maximum atomic E-state index is 13.1. The number of sulfonamides is 1. The van der Waals surface area contributed by atoms with Crippen LogP contribution in [-0.4, -0.2) is 30.6 Å². The van der Waals surface area contributed by atoms with Crippen molar-refractivity contribution in [1.82, 2.24) is 4.31 Å². The highest BCUT2D eigenvalue weighted by atomic mass is 32.2. The molecule has 1 heterocycles. The number of carbonyl (C=O) groups excluding carboxylic acids is 2. The minimum Gasteiger partial charge on any atom is -0.324 e. The first-order valence-corrected chi connectivity index (χ1v) is 10.7. The highest BCUT2D eigenvalue weighted by Gasteiger charge is 2.44. The molecule has 0 aliphatic carbocycles. The molecule has 2 aromatic carbocycles. The first-order chi connectivity index (χ1) is 13.2. The van der Waals surface area contributed by atoms with Crippen LogP contribution in [0.25, 0.3) is 0 Å². The van der Waals surface area contributed by atoms with Crippen molar-refractivity contribution in [3.63, 3.8) is 0 Å². The van der Waals surface area contributed by atoms with Crippen LogP contribution in [0, 0.1) is 13.8 Å². The maximum Gasteiger partial charge on any atom is 0.267 e. The summed E-state index contributed by atoms with van der Waals surface area (Å²) in [5.41, 5.74) is 3.47. The van der Waals surface area contributed by atoms with Gasteiger partial charge in [0.05, 0.1) is 4.90 Å². The van der Waals surface area contributed by atoms with Crippen molar-refractivity contribution in [2.24, 2.45) is 0 Å². The summed E-state index contributed by atoms with van der Waals surface area (Å²) in [4.78, 5) is 25.1. The fourth-order valence-electron chi connectivity index (χ4n) is 3.24. The average Bonchev–Trinajstić information content (AvgIpc) is 3.07. The van der Waals surface area contributed by atoms with Crippen molar-refractivity contribution in [3.05, 3.63) is 59.2 Å². The number of nitrogens with zero attached hydrogens (tertiary/aromatic N) is 1. The van der Waals surface area contributed by atoms with Crippen molar-refractivity contribution in [2.75, 3.05) is 5.32 Å². The molecule has 1 fully saturated rings. The van der Waals surface area contributed by atoms with Gasteiger partial charge in [-0.25, -0.2) is 12.7 Å². The molecule has 0 radical (unpaired) electrons. The van der Waals surface area contributed by atoms with Crippen molar-refractivity contribution < 1.29 is 18.0 Å². The Hall–Kier alpha value is -2.67. The Bertz CT molecular complexity index is 1010. The number of nitrogens with one attached hydrogen (secondary N) is 1. The van der Waals surface area contributed by atoms with E-state index in [-0.39, 0.29) is 17.7 Å². The van der Waals surface area contributed by atoms with E-state index in [1.807, 2.05) is 32.9 Å². The van der Waals surface area contributed by atoms with Gasteiger partial charge < -0.3 is 5.32 Å². The van der Waals surface area contributed by atoms with Gasteiger partial charge >= 0.3 is 0 Å². The zero-order valence-corrected chi connectivity index (χ0v) is 17.0. The third kappa shape index (κ3) is 3.80. The van der Waals surface area contributed by atoms with Gasteiger partial charge in [0.2, 0.25) is 11.8 Å². The largest absolute Gasteiger partial charge is 0.324 e. The van der Waals surface area contributed by atoms with Gasteiger partial charge in [-0.1, -0.05) is 25.1 Å². The topological polar surface area (TPSA) is 83.6 Å². The van der Waals surface area contributed by atoms with Crippen molar-refractivity contribution in [3.8, 4) is 0 Å². The van der Waals surface area contributed by atoms with Gasteiger partial charge in [-0.2, -0.15) is 0 Å². The maximum absolute atomic E-state index is 13.1. The zero-order chi connectivity index (χ0) is 20.5. The van der Waals surface area contributed by atoms with Crippen LogP contribution in [0.15, 0.2) is 47.4 Å². The van der Waals surface area contributed by atoms with Gasteiger partial charge in [-0.15, -0.1) is 0 Å². The normalized spacial score (nSPS) is 17.0. The number of carbonyl (C=O) groups is 2. The Morgan fingerprint density at radius 2 is 1.79 bits per heavy atom. The molecule has 1 atom stereocenters. The van der Waals surface area contributed by atoms with Gasteiger partial charge in [0, 0.05) is 12.1 Å². The predicted molar refractivity (Wildman–Crippen MR) is 107 cm³/mol. The molecule has 1 N–H and O–H groups in total. The van der Waals surface area contributed by atoms with Crippen molar-refractivity contribution in [1.29, 1.82) is 0 Å². The number of amides is 2.